The summed E-state index contributed by atoms with van der Waals surface area (Å²) in [5.41, 5.74) is -2.05. The Bertz CT molecular complexity index is 1190. The Kier molecular flexibility index (Phi) is 6.17. The maximum Gasteiger partial charge on any atom is 0.433 e. The van der Waals surface area contributed by atoms with Crippen molar-refractivity contribution in [2.75, 3.05) is 13.1 Å². The molecular weight excluding hydrogens is 476 g/mol. The van der Waals surface area contributed by atoms with E-state index in [2.05, 4.69) is 4.98 Å². The van der Waals surface area contributed by atoms with E-state index in [-0.39, 0.29) is 16.8 Å². The summed E-state index contributed by atoms with van der Waals surface area (Å²) in [5, 5.41) is 0.137. The molecule has 0 radical (unpaired) electrons. The number of amides is 1. The number of carbonyl (C=O) groups is 1. The van der Waals surface area contributed by atoms with Crippen LogP contribution in [-0.2, 0) is 17.1 Å². The number of rotatable bonds is 1. The Balaban J connectivity index is 1.78. The van der Waals surface area contributed by atoms with Crippen molar-refractivity contribution in [3.63, 3.8) is 0 Å². The third-order valence-electron chi connectivity index (χ3n) is 6.02. The van der Waals surface area contributed by atoms with Crippen molar-refractivity contribution in [3.8, 4) is 0 Å². The van der Waals surface area contributed by atoms with Gasteiger partial charge in [-0.2, -0.15) is 26.3 Å². The van der Waals surface area contributed by atoms with Crippen LogP contribution in [0.4, 0.5) is 31.1 Å². The molecule has 3 heterocycles. The third-order valence-corrected chi connectivity index (χ3v) is 6.02. The summed E-state index contributed by atoms with van der Waals surface area (Å²) in [6, 6.07) is 3.66. The van der Waals surface area contributed by atoms with Gasteiger partial charge in [-0.15, -0.1) is 0 Å². The molecular formula is C24H25F6N3O2. The number of nitrogens with zero attached hydrogens (tertiary/aromatic N) is 3. The van der Waals surface area contributed by atoms with E-state index in [0.29, 0.717) is 43.4 Å². The SMILES string of the molecule is CC(C)(C)OC(=O)N1CCC[C@@H](n2c3ccc(C(F)(F)F)cc3c3cc(C(F)(F)F)ncc32)CC1. The van der Waals surface area contributed by atoms with Crippen LogP contribution < -0.4 is 0 Å². The van der Waals surface area contributed by atoms with Gasteiger partial charge in [0, 0.05) is 35.4 Å². The molecule has 1 atom stereocenters. The summed E-state index contributed by atoms with van der Waals surface area (Å²) >= 11 is 0. The van der Waals surface area contributed by atoms with Crippen molar-refractivity contribution in [1.29, 1.82) is 0 Å². The second kappa shape index (κ2) is 8.60. The quantitative estimate of drug-likeness (QED) is 0.332. The van der Waals surface area contributed by atoms with Gasteiger partial charge in [-0.3, -0.25) is 0 Å². The number of aromatic nitrogens is 2. The lowest BCUT2D eigenvalue weighted by molar-refractivity contribution is -0.141. The number of halogens is 6. The van der Waals surface area contributed by atoms with E-state index in [4.69, 9.17) is 4.74 Å². The van der Waals surface area contributed by atoms with Gasteiger partial charge in [0.05, 0.1) is 17.3 Å². The second-order valence-corrected chi connectivity index (χ2v) is 9.74. The monoisotopic (exact) mass is 501 g/mol. The second-order valence-electron chi connectivity index (χ2n) is 9.74. The van der Waals surface area contributed by atoms with E-state index in [9.17, 15) is 31.1 Å². The Labute approximate surface area is 197 Å². The molecule has 1 saturated heterocycles. The maximum atomic E-state index is 13.4. The highest BCUT2D eigenvalue weighted by Gasteiger charge is 2.35. The Morgan fingerprint density at radius 3 is 2.26 bits per heavy atom. The third kappa shape index (κ3) is 5.18. The lowest BCUT2D eigenvalue weighted by atomic mass is 10.1. The molecule has 3 aromatic rings. The van der Waals surface area contributed by atoms with Gasteiger partial charge in [0.15, 0.2) is 0 Å². The first-order chi connectivity index (χ1) is 16.1. The minimum Gasteiger partial charge on any atom is -0.444 e. The van der Waals surface area contributed by atoms with Crippen LogP contribution in [-0.4, -0.2) is 39.2 Å². The standard InChI is InChI=1S/C24H25F6N3O2/c1-22(2,3)35-21(34)32-9-4-5-15(8-10-32)33-18-7-6-14(23(25,26)27)11-16(18)17-12-20(24(28,29)30)31-13-19(17)33/h6-7,11-13,15H,4-5,8-10H2,1-3H3/t15-/m1/s1. The van der Waals surface area contributed by atoms with Crippen LogP contribution in [0, 0.1) is 0 Å². The molecule has 2 aromatic heterocycles. The number of pyridine rings is 1. The molecule has 0 aliphatic carbocycles. The molecule has 1 amide bonds. The Morgan fingerprint density at radius 1 is 0.943 bits per heavy atom. The van der Waals surface area contributed by atoms with Crippen molar-refractivity contribution >= 4 is 27.9 Å². The fourth-order valence-electron chi connectivity index (χ4n) is 4.52. The largest absolute Gasteiger partial charge is 0.444 e. The number of fused-ring (bicyclic) bond motifs is 3. The average molecular weight is 501 g/mol. The van der Waals surface area contributed by atoms with E-state index in [0.717, 1.165) is 24.4 Å². The molecule has 190 valence electrons. The number of hydrogen-bond donors (Lipinski definition) is 0. The highest BCUT2D eigenvalue weighted by molar-refractivity contribution is 6.08. The van der Waals surface area contributed by atoms with Crippen LogP contribution >= 0.6 is 0 Å². The molecule has 1 aliphatic rings. The van der Waals surface area contributed by atoms with E-state index in [1.807, 2.05) is 0 Å². The number of carbonyl (C=O) groups excluding carboxylic acids is 1. The first-order valence-corrected chi connectivity index (χ1v) is 11.2. The van der Waals surface area contributed by atoms with E-state index in [1.165, 1.54) is 6.07 Å². The van der Waals surface area contributed by atoms with Crippen molar-refractivity contribution in [3.05, 3.63) is 41.7 Å². The molecule has 0 bridgehead atoms. The molecule has 0 spiro atoms. The normalized spacial score (nSPS) is 18.2. The van der Waals surface area contributed by atoms with Gasteiger partial charge in [0.1, 0.15) is 11.3 Å². The molecule has 0 saturated carbocycles. The number of hydrogen-bond acceptors (Lipinski definition) is 3. The van der Waals surface area contributed by atoms with Crippen molar-refractivity contribution < 1.29 is 35.9 Å². The molecule has 0 unspecified atom stereocenters. The van der Waals surface area contributed by atoms with Gasteiger partial charge < -0.3 is 14.2 Å². The number of alkyl halides is 6. The van der Waals surface area contributed by atoms with Crippen LogP contribution in [0.5, 0.6) is 0 Å². The minimum atomic E-state index is -4.74. The zero-order valence-electron chi connectivity index (χ0n) is 19.4. The molecule has 1 aromatic carbocycles. The van der Waals surface area contributed by atoms with Gasteiger partial charge in [0.2, 0.25) is 0 Å². The summed E-state index contributed by atoms with van der Waals surface area (Å²) in [5.74, 6) is 0. The molecule has 4 rings (SSSR count). The van der Waals surface area contributed by atoms with Crippen molar-refractivity contribution in [1.82, 2.24) is 14.5 Å². The minimum absolute atomic E-state index is 0.0571. The molecule has 0 N–H and O–H groups in total. The van der Waals surface area contributed by atoms with Crippen LogP contribution in [0.2, 0.25) is 0 Å². The highest BCUT2D eigenvalue weighted by Crippen LogP contribution is 2.40. The summed E-state index contributed by atoms with van der Waals surface area (Å²) in [4.78, 5) is 17.7. The topological polar surface area (TPSA) is 47.4 Å². The first kappa shape index (κ1) is 25.1. The smallest absolute Gasteiger partial charge is 0.433 e. The van der Waals surface area contributed by atoms with E-state index >= 15 is 0 Å². The van der Waals surface area contributed by atoms with Crippen LogP contribution in [0.1, 0.15) is 57.3 Å². The van der Waals surface area contributed by atoms with Gasteiger partial charge in [-0.1, -0.05) is 0 Å². The zero-order chi connectivity index (χ0) is 25.8. The van der Waals surface area contributed by atoms with Crippen molar-refractivity contribution in [2.45, 2.75) is 64.0 Å². The fourth-order valence-corrected chi connectivity index (χ4v) is 4.52. The lowest BCUT2D eigenvalue weighted by Crippen LogP contribution is -2.37. The van der Waals surface area contributed by atoms with Gasteiger partial charge in [-0.05, 0) is 64.3 Å². The van der Waals surface area contributed by atoms with Crippen molar-refractivity contribution in [2.24, 2.45) is 0 Å². The molecule has 5 nitrogen and oxygen atoms in total. The fraction of sp³-hybridized carbons (Fsp3) is 0.500. The lowest BCUT2D eigenvalue weighted by Gasteiger charge is -2.26. The number of benzene rings is 1. The van der Waals surface area contributed by atoms with Gasteiger partial charge in [-0.25, -0.2) is 9.78 Å². The number of likely N-dealkylation sites (tertiary alicyclic amines) is 1. The van der Waals surface area contributed by atoms with Gasteiger partial charge >= 0.3 is 18.4 Å². The Morgan fingerprint density at radius 2 is 1.63 bits per heavy atom. The predicted molar refractivity (Wildman–Crippen MR) is 118 cm³/mol. The summed E-state index contributed by atoms with van der Waals surface area (Å²) in [6.07, 6.45) is -7.12. The zero-order valence-corrected chi connectivity index (χ0v) is 19.4. The van der Waals surface area contributed by atoms with Crippen LogP contribution in [0.15, 0.2) is 30.5 Å². The van der Waals surface area contributed by atoms with E-state index in [1.54, 1.807) is 30.2 Å². The van der Waals surface area contributed by atoms with Gasteiger partial charge in [0.25, 0.3) is 0 Å². The predicted octanol–water partition coefficient (Wildman–Crippen LogP) is 7.19. The maximum absolute atomic E-state index is 13.4. The summed E-state index contributed by atoms with van der Waals surface area (Å²) in [7, 11) is 0. The van der Waals surface area contributed by atoms with E-state index < -0.39 is 35.3 Å². The van der Waals surface area contributed by atoms with Crippen LogP contribution in [0.3, 0.4) is 0 Å². The first-order valence-electron chi connectivity index (χ1n) is 11.2. The Hall–Kier alpha value is -2.98. The molecule has 1 aliphatic heterocycles. The highest BCUT2D eigenvalue weighted by atomic mass is 19.4. The molecule has 11 heteroatoms. The number of ether oxygens (including phenoxy) is 1. The van der Waals surface area contributed by atoms with Crippen LogP contribution in [0.25, 0.3) is 21.8 Å². The molecule has 35 heavy (non-hydrogen) atoms. The molecule has 1 fully saturated rings. The summed E-state index contributed by atoms with van der Waals surface area (Å²) in [6.45, 7) is 6.08. The average Bonchev–Trinajstić information content (AvgIpc) is 2.87. The summed E-state index contributed by atoms with van der Waals surface area (Å²) < 4.78 is 87.4.